The Morgan fingerprint density at radius 2 is 1.95 bits per heavy atom. The topological polar surface area (TPSA) is 33.6 Å². The highest BCUT2D eigenvalue weighted by molar-refractivity contribution is 9.10. The minimum absolute atomic E-state index is 0.847. The Balaban J connectivity index is 2.12. The summed E-state index contributed by atoms with van der Waals surface area (Å²) in [5, 5.41) is 4.54. The van der Waals surface area contributed by atoms with Gasteiger partial charge in [-0.2, -0.15) is 5.10 Å². The molecule has 3 rings (SSSR count). The third kappa shape index (κ3) is 2.56. The van der Waals surface area contributed by atoms with Gasteiger partial charge < -0.3 is 10.2 Å². The number of rotatable bonds is 2. The molecule has 1 aliphatic rings. The van der Waals surface area contributed by atoms with E-state index >= 15 is 0 Å². The van der Waals surface area contributed by atoms with Crippen LogP contribution in [0.15, 0.2) is 52.0 Å². The molecule has 0 bridgehead atoms. The molecule has 0 amide bonds. The van der Waals surface area contributed by atoms with Crippen LogP contribution in [0.2, 0.25) is 0 Å². The van der Waals surface area contributed by atoms with Crippen LogP contribution in [0.4, 0.5) is 0 Å². The SMILES string of the molecule is COc1ccc2c(c1)C(c1ccc(Br)cc1)=NNCC2. The first-order chi connectivity index (χ1) is 9.78. The molecular weight excluding hydrogens is 316 g/mol. The summed E-state index contributed by atoms with van der Waals surface area (Å²) in [5.74, 6) is 0.857. The van der Waals surface area contributed by atoms with Gasteiger partial charge in [-0.05, 0) is 36.2 Å². The van der Waals surface area contributed by atoms with Gasteiger partial charge in [-0.1, -0.05) is 34.1 Å². The Hall–Kier alpha value is -1.81. The molecule has 0 aliphatic carbocycles. The quantitative estimate of drug-likeness (QED) is 0.916. The number of hydrogen-bond acceptors (Lipinski definition) is 3. The number of halogens is 1. The van der Waals surface area contributed by atoms with Crippen LogP contribution in [0.5, 0.6) is 5.75 Å². The summed E-state index contributed by atoms with van der Waals surface area (Å²) in [5.41, 5.74) is 7.61. The van der Waals surface area contributed by atoms with E-state index in [1.54, 1.807) is 7.11 Å². The highest BCUT2D eigenvalue weighted by Gasteiger charge is 2.15. The summed E-state index contributed by atoms with van der Waals surface area (Å²) >= 11 is 3.46. The Morgan fingerprint density at radius 3 is 2.70 bits per heavy atom. The normalized spacial score (nSPS) is 13.8. The number of hydrogen-bond donors (Lipinski definition) is 1. The number of hydrazone groups is 1. The van der Waals surface area contributed by atoms with Crippen LogP contribution in [0, 0.1) is 0 Å². The number of methoxy groups -OCH3 is 1. The molecule has 20 heavy (non-hydrogen) atoms. The minimum atomic E-state index is 0.847. The highest BCUT2D eigenvalue weighted by atomic mass is 79.9. The van der Waals surface area contributed by atoms with Crippen molar-refractivity contribution in [3.63, 3.8) is 0 Å². The molecule has 3 nitrogen and oxygen atoms in total. The predicted octanol–water partition coefficient (Wildman–Crippen LogP) is 3.36. The molecule has 1 aliphatic heterocycles. The van der Waals surface area contributed by atoms with Crippen LogP contribution in [0.1, 0.15) is 16.7 Å². The predicted molar refractivity (Wildman–Crippen MR) is 84.5 cm³/mol. The summed E-state index contributed by atoms with van der Waals surface area (Å²) in [4.78, 5) is 0. The average Bonchev–Trinajstić information content (AvgIpc) is 2.69. The van der Waals surface area contributed by atoms with Crippen LogP contribution >= 0.6 is 15.9 Å². The molecule has 0 radical (unpaired) electrons. The van der Waals surface area contributed by atoms with E-state index in [0.29, 0.717) is 0 Å². The summed E-state index contributed by atoms with van der Waals surface area (Å²) in [7, 11) is 1.69. The summed E-state index contributed by atoms with van der Waals surface area (Å²) in [6.07, 6.45) is 0.961. The molecule has 102 valence electrons. The fourth-order valence-corrected chi connectivity index (χ4v) is 2.60. The van der Waals surface area contributed by atoms with Gasteiger partial charge in [0.05, 0.1) is 12.8 Å². The lowest BCUT2D eigenvalue weighted by Crippen LogP contribution is -2.10. The van der Waals surface area contributed by atoms with Gasteiger partial charge in [0.15, 0.2) is 0 Å². The van der Waals surface area contributed by atoms with E-state index in [0.717, 1.165) is 40.0 Å². The van der Waals surface area contributed by atoms with Gasteiger partial charge in [-0.25, -0.2) is 0 Å². The zero-order valence-electron chi connectivity index (χ0n) is 11.2. The van der Waals surface area contributed by atoms with Gasteiger partial charge in [-0.15, -0.1) is 0 Å². The molecule has 0 saturated heterocycles. The van der Waals surface area contributed by atoms with Crippen LogP contribution in [-0.2, 0) is 6.42 Å². The number of ether oxygens (including phenoxy) is 1. The lowest BCUT2D eigenvalue weighted by atomic mass is 9.96. The molecule has 0 unspecified atom stereocenters. The van der Waals surface area contributed by atoms with Crippen molar-refractivity contribution in [3.05, 3.63) is 63.6 Å². The molecule has 0 atom stereocenters. The maximum Gasteiger partial charge on any atom is 0.119 e. The van der Waals surface area contributed by atoms with E-state index in [2.05, 4.69) is 50.7 Å². The third-order valence-corrected chi connectivity index (χ3v) is 3.92. The maximum absolute atomic E-state index is 5.34. The smallest absolute Gasteiger partial charge is 0.119 e. The van der Waals surface area contributed by atoms with Crippen molar-refractivity contribution < 1.29 is 4.74 Å². The molecule has 2 aromatic carbocycles. The maximum atomic E-state index is 5.34. The first kappa shape index (κ1) is 13.2. The van der Waals surface area contributed by atoms with E-state index in [1.165, 1.54) is 5.56 Å². The van der Waals surface area contributed by atoms with E-state index in [1.807, 2.05) is 18.2 Å². The van der Waals surface area contributed by atoms with Crippen LogP contribution < -0.4 is 10.2 Å². The second-order valence-electron chi connectivity index (χ2n) is 4.65. The van der Waals surface area contributed by atoms with Crippen molar-refractivity contribution >= 4 is 21.6 Å². The standard InChI is InChI=1S/C16H15BrN2O/c1-20-14-7-4-11-8-9-18-19-16(15(11)10-14)12-2-5-13(17)6-3-12/h2-7,10,18H,8-9H2,1H3. The highest BCUT2D eigenvalue weighted by Crippen LogP contribution is 2.24. The second-order valence-corrected chi connectivity index (χ2v) is 5.56. The molecule has 0 spiro atoms. The van der Waals surface area contributed by atoms with E-state index in [9.17, 15) is 0 Å². The van der Waals surface area contributed by atoms with Gasteiger partial charge >= 0.3 is 0 Å². The van der Waals surface area contributed by atoms with Crippen molar-refractivity contribution in [3.8, 4) is 5.75 Å². The van der Waals surface area contributed by atoms with Crippen molar-refractivity contribution in [2.45, 2.75) is 6.42 Å². The average molecular weight is 331 g/mol. The lowest BCUT2D eigenvalue weighted by Gasteiger charge is -2.11. The first-order valence-corrected chi connectivity index (χ1v) is 7.31. The number of benzene rings is 2. The minimum Gasteiger partial charge on any atom is -0.497 e. The summed E-state index contributed by atoms with van der Waals surface area (Å²) < 4.78 is 6.41. The van der Waals surface area contributed by atoms with Crippen LogP contribution in [0.25, 0.3) is 0 Å². The van der Waals surface area contributed by atoms with Crippen LogP contribution in [-0.4, -0.2) is 19.4 Å². The van der Waals surface area contributed by atoms with E-state index in [4.69, 9.17) is 4.74 Å². The monoisotopic (exact) mass is 330 g/mol. The molecule has 4 heteroatoms. The molecule has 1 heterocycles. The Kier molecular flexibility index (Phi) is 3.74. The van der Waals surface area contributed by atoms with Crippen LogP contribution in [0.3, 0.4) is 0 Å². The Bertz CT molecular complexity index is 650. The molecular formula is C16H15BrN2O. The van der Waals surface area contributed by atoms with Gasteiger partial charge in [0.2, 0.25) is 0 Å². The first-order valence-electron chi connectivity index (χ1n) is 6.52. The van der Waals surface area contributed by atoms with Crippen molar-refractivity contribution in [2.75, 3.05) is 13.7 Å². The Labute approximate surface area is 126 Å². The lowest BCUT2D eigenvalue weighted by molar-refractivity contribution is 0.414. The number of nitrogens with one attached hydrogen (secondary N) is 1. The third-order valence-electron chi connectivity index (χ3n) is 3.39. The van der Waals surface area contributed by atoms with E-state index < -0.39 is 0 Å². The number of nitrogens with zero attached hydrogens (tertiary/aromatic N) is 1. The number of fused-ring (bicyclic) bond motifs is 1. The fourth-order valence-electron chi connectivity index (χ4n) is 2.33. The summed E-state index contributed by atoms with van der Waals surface area (Å²) in [6, 6.07) is 14.4. The van der Waals surface area contributed by atoms with Gasteiger partial charge in [0, 0.05) is 22.1 Å². The Morgan fingerprint density at radius 1 is 1.15 bits per heavy atom. The summed E-state index contributed by atoms with van der Waals surface area (Å²) in [6.45, 7) is 0.847. The largest absolute Gasteiger partial charge is 0.497 e. The molecule has 0 saturated carbocycles. The van der Waals surface area contributed by atoms with Gasteiger partial charge in [-0.3, -0.25) is 0 Å². The van der Waals surface area contributed by atoms with Crippen molar-refractivity contribution in [2.24, 2.45) is 5.10 Å². The van der Waals surface area contributed by atoms with Crippen molar-refractivity contribution in [1.82, 2.24) is 5.43 Å². The molecule has 1 N–H and O–H groups in total. The zero-order chi connectivity index (χ0) is 13.9. The molecule has 2 aromatic rings. The second kappa shape index (κ2) is 5.67. The van der Waals surface area contributed by atoms with E-state index in [-0.39, 0.29) is 0 Å². The molecule has 0 aromatic heterocycles. The zero-order valence-corrected chi connectivity index (χ0v) is 12.8. The molecule has 0 fully saturated rings. The van der Waals surface area contributed by atoms with Gasteiger partial charge in [0.25, 0.3) is 0 Å². The van der Waals surface area contributed by atoms with Crippen molar-refractivity contribution in [1.29, 1.82) is 0 Å². The van der Waals surface area contributed by atoms with Gasteiger partial charge in [0.1, 0.15) is 5.75 Å². The fraction of sp³-hybridized carbons (Fsp3) is 0.188.